The van der Waals surface area contributed by atoms with E-state index in [2.05, 4.69) is 19.9 Å². The third-order valence-electron chi connectivity index (χ3n) is 5.12. The molecule has 0 N–H and O–H groups in total. The molecule has 30 heavy (non-hydrogen) atoms. The second-order valence-corrected chi connectivity index (χ2v) is 7.71. The highest BCUT2D eigenvalue weighted by atomic mass is 19.4. The monoisotopic (exact) mass is 421 g/mol. The van der Waals surface area contributed by atoms with Gasteiger partial charge >= 0.3 is 6.18 Å². The Balaban J connectivity index is 2.22. The van der Waals surface area contributed by atoms with Crippen LogP contribution in [0, 0.1) is 23.1 Å². The van der Waals surface area contributed by atoms with E-state index in [1.54, 1.807) is 18.2 Å². The third kappa shape index (κ3) is 7.37. The van der Waals surface area contributed by atoms with E-state index in [1.807, 2.05) is 6.07 Å². The van der Waals surface area contributed by atoms with Crippen LogP contribution >= 0.6 is 0 Å². The summed E-state index contributed by atoms with van der Waals surface area (Å²) in [6, 6.07) is 11.5. The smallest absolute Gasteiger partial charge is 0.416 e. The summed E-state index contributed by atoms with van der Waals surface area (Å²) in [6.07, 6.45) is -0.0441. The fourth-order valence-electron chi connectivity index (χ4n) is 3.41. The van der Waals surface area contributed by atoms with E-state index in [4.69, 9.17) is 4.74 Å². The molecule has 2 atom stereocenters. The van der Waals surface area contributed by atoms with E-state index in [9.17, 15) is 22.8 Å². The number of benzene rings is 2. The standard InChI is InChI=1S/C24H27F4NO/c1-3-4-7-17(2)10-11-22(12-18-8-5-6-9-19(18)16-29)30-23-14-20(24(26,27)28)13-21(25)15-23/h5-6,8-9,13-15,17,22H,3-4,7,10-12H2,1-2H3. The molecule has 0 aliphatic carbocycles. The number of hydrogen-bond acceptors (Lipinski definition) is 2. The molecule has 0 aliphatic heterocycles. The molecule has 0 aromatic heterocycles. The maximum Gasteiger partial charge on any atom is 0.416 e. The van der Waals surface area contributed by atoms with E-state index in [-0.39, 0.29) is 5.75 Å². The molecule has 0 bridgehead atoms. The molecule has 0 saturated heterocycles. The zero-order chi connectivity index (χ0) is 22.1. The average Bonchev–Trinajstić information content (AvgIpc) is 2.69. The quantitative estimate of drug-likeness (QED) is 0.377. The number of nitriles is 1. The fraction of sp³-hybridized carbons (Fsp3) is 0.458. The zero-order valence-corrected chi connectivity index (χ0v) is 17.3. The molecule has 0 spiro atoms. The molecule has 0 heterocycles. The van der Waals surface area contributed by atoms with Gasteiger partial charge in [0, 0.05) is 12.5 Å². The maximum absolute atomic E-state index is 13.8. The summed E-state index contributed by atoms with van der Waals surface area (Å²) in [6.45, 7) is 4.26. The van der Waals surface area contributed by atoms with Crippen molar-refractivity contribution in [2.45, 2.75) is 64.7 Å². The summed E-state index contributed by atoms with van der Waals surface area (Å²) in [4.78, 5) is 0. The van der Waals surface area contributed by atoms with Crippen molar-refractivity contribution in [3.63, 3.8) is 0 Å². The number of halogens is 4. The van der Waals surface area contributed by atoms with Crippen LogP contribution in [-0.4, -0.2) is 6.10 Å². The van der Waals surface area contributed by atoms with E-state index in [0.29, 0.717) is 30.4 Å². The van der Waals surface area contributed by atoms with E-state index >= 15 is 0 Å². The van der Waals surface area contributed by atoms with Crippen molar-refractivity contribution >= 4 is 0 Å². The van der Waals surface area contributed by atoms with Crippen molar-refractivity contribution in [1.82, 2.24) is 0 Å². The lowest BCUT2D eigenvalue weighted by Crippen LogP contribution is -2.22. The summed E-state index contributed by atoms with van der Waals surface area (Å²) in [5.74, 6) is -0.698. The van der Waals surface area contributed by atoms with Gasteiger partial charge in [0.2, 0.25) is 0 Å². The van der Waals surface area contributed by atoms with Crippen LogP contribution in [0.15, 0.2) is 42.5 Å². The number of rotatable bonds is 10. The normalized spacial score (nSPS) is 13.5. The lowest BCUT2D eigenvalue weighted by molar-refractivity contribution is -0.137. The second-order valence-electron chi connectivity index (χ2n) is 7.71. The van der Waals surface area contributed by atoms with Gasteiger partial charge < -0.3 is 4.74 Å². The van der Waals surface area contributed by atoms with Crippen molar-refractivity contribution < 1.29 is 22.3 Å². The maximum atomic E-state index is 13.8. The summed E-state index contributed by atoms with van der Waals surface area (Å²) in [7, 11) is 0. The Morgan fingerprint density at radius 2 is 1.80 bits per heavy atom. The molecule has 6 heteroatoms. The lowest BCUT2D eigenvalue weighted by Gasteiger charge is -2.22. The van der Waals surface area contributed by atoms with Gasteiger partial charge in [0.1, 0.15) is 17.7 Å². The first kappa shape index (κ1) is 23.7. The highest BCUT2D eigenvalue weighted by molar-refractivity contribution is 5.38. The molecular formula is C24H27F4NO. The highest BCUT2D eigenvalue weighted by Crippen LogP contribution is 2.33. The Kier molecular flexibility index (Phi) is 8.71. The van der Waals surface area contributed by atoms with Crippen molar-refractivity contribution in [3.05, 3.63) is 65.0 Å². The van der Waals surface area contributed by atoms with Crippen LogP contribution in [0.4, 0.5) is 17.6 Å². The predicted molar refractivity (Wildman–Crippen MR) is 109 cm³/mol. The molecule has 0 fully saturated rings. The largest absolute Gasteiger partial charge is 0.490 e. The lowest BCUT2D eigenvalue weighted by atomic mass is 9.94. The van der Waals surface area contributed by atoms with Crippen LogP contribution in [-0.2, 0) is 12.6 Å². The van der Waals surface area contributed by atoms with Crippen LogP contribution in [0.1, 0.15) is 62.6 Å². The van der Waals surface area contributed by atoms with Gasteiger partial charge in [0.05, 0.1) is 17.2 Å². The Bertz CT molecular complexity index is 857. The summed E-state index contributed by atoms with van der Waals surface area (Å²) in [5.41, 5.74) is 0.184. The summed E-state index contributed by atoms with van der Waals surface area (Å²) in [5, 5.41) is 9.33. The topological polar surface area (TPSA) is 33.0 Å². The molecule has 0 aliphatic rings. The number of nitrogens with zero attached hydrogens (tertiary/aromatic N) is 1. The van der Waals surface area contributed by atoms with Gasteiger partial charge in [-0.25, -0.2) is 4.39 Å². The second kappa shape index (κ2) is 11.0. The molecule has 2 rings (SSSR count). The van der Waals surface area contributed by atoms with Crippen molar-refractivity contribution in [2.24, 2.45) is 5.92 Å². The molecule has 2 unspecified atom stereocenters. The first-order valence-corrected chi connectivity index (χ1v) is 10.2. The van der Waals surface area contributed by atoms with Gasteiger partial charge in [-0.05, 0) is 42.5 Å². The molecule has 2 nitrogen and oxygen atoms in total. The molecule has 2 aromatic rings. The van der Waals surface area contributed by atoms with Gasteiger partial charge in [-0.2, -0.15) is 18.4 Å². The Morgan fingerprint density at radius 1 is 1.07 bits per heavy atom. The van der Waals surface area contributed by atoms with Crippen molar-refractivity contribution in [3.8, 4) is 11.8 Å². The number of unbranched alkanes of at least 4 members (excludes halogenated alkanes) is 1. The molecule has 2 aromatic carbocycles. The first-order valence-electron chi connectivity index (χ1n) is 10.2. The third-order valence-corrected chi connectivity index (χ3v) is 5.12. The van der Waals surface area contributed by atoms with Crippen molar-refractivity contribution in [2.75, 3.05) is 0 Å². The molecule has 162 valence electrons. The predicted octanol–water partition coefficient (Wildman–Crippen LogP) is 7.31. The molecule has 0 amide bonds. The summed E-state index contributed by atoms with van der Waals surface area (Å²) < 4.78 is 58.8. The Morgan fingerprint density at radius 3 is 2.47 bits per heavy atom. The van der Waals surface area contributed by atoms with Gasteiger partial charge in [-0.15, -0.1) is 0 Å². The Labute approximate surface area is 175 Å². The van der Waals surface area contributed by atoms with Gasteiger partial charge in [0.25, 0.3) is 0 Å². The van der Waals surface area contributed by atoms with Gasteiger partial charge in [0.15, 0.2) is 0 Å². The van der Waals surface area contributed by atoms with Gasteiger partial charge in [-0.3, -0.25) is 0 Å². The Hall–Kier alpha value is -2.55. The van der Waals surface area contributed by atoms with Crippen LogP contribution in [0.25, 0.3) is 0 Å². The number of alkyl halides is 3. The summed E-state index contributed by atoms with van der Waals surface area (Å²) >= 11 is 0. The molecule has 0 radical (unpaired) electrons. The van der Waals surface area contributed by atoms with Crippen LogP contribution < -0.4 is 4.74 Å². The van der Waals surface area contributed by atoms with Crippen molar-refractivity contribution in [1.29, 1.82) is 5.26 Å². The van der Waals surface area contributed by atoms with Crippen LogP contribution in [0.2, 0.25) is 0 Å². The highest BCUT2D eigenvalue weighted by Gasteiger charge is 2.32. The average molecular weight is 421 g/mol. The van der Waals surface area contributed by atoms with Crippen LogP contribution in [0.3, 0.4) is 0 Å². The number of hydrogen-bond donors (Lipinski definition) is 0. The van der Waals surface area contributed by atoms with E-state index < -0.39 is 23.7 Å². The minimum Gasteiger partial charge on any atom is -0.490 e. The fourth-order valence-corrected chi connectivity index (χ4v) is 3.41. The zero-order valence-electron chi connectivity index (χ0n) is 17.3. The van der Waals surface area contributed by atoms with Crippen LogP contribution in [0.5, 0.6) is 5.75 Å². The van der Waals surface area contributed by atoms with E-state index in [1.165, 1.54) is 0 Å². The van der Waals surface area contributed by atoms with E-state index in [0.717, 1.165) is 43.4 Å². The number of ether oxygens (including phenoxy) is 1. The SMILES string of the molecule is CCCCC(C)CCC(Cc1ccccc1C#N)Oc1cc(F)cc(C(F)(F)F)c1. The minimum atomic E-state index is -4.65. The minimum absolute atomic E-state index is 0.150. The van der Waals surface area contributed by atoms with Gasteiger partial charge in [-0.1, -0.05) is 51.3 Å². The molecule has 0 saturated carbocycles. The molecular weight excluding hydrogens is 394 g/mol. The first-order chi connectivity index (χ1) is 14.2.